The number of halogens is 3. The largest absolute Gasteiger partial charge is 0.416 e. The van der Waals surface area contributed by atoms with Crippen LogP contribution in [0.25, 0.3) is 0 Å². The van der Waals surface area contributed by atoms with E-state index >= 15 is 0 Å². The van der Waals surface area contributed by atoms with Gasteiger partial charge < -0.3 is 5.73 Å². The van der Waals surface area contributed by atoms with Crippen molar-refractivity contribution in [2.75, 3.05) is 0 Å². The molecular weight excluding hydrogens is 217 g/mol. The molecule has 0 spiro atoms. The van der Waals surface area contributed by atoms with Crippen molar-refractivity contribution in [3.05, 3.63) is 35.4 Å². The Bertz CT molecular complexity index is 408. The van der Waals surface area contributed by atoms with Gasteiger partial charge in [0.05, 0.1) is 5.56 Å². The average Bonchev–Trinajstić information content (AvgIpc) is 2.16. The molecule has 0 amide bonds. The van der Waals surface area contributed by atoms with Gasteiger partial charge in [0.2, 0.25) is 0 Å². The van der Waals surface area contributed by atoms with Crippen LogP contribution in [0.2, 0.25) is 0 Å². The van der Waals surface area contributed by atoms with Gasteiger partial charge in [0.1, 0.15) is 5.84 Å². The molecule has 0 aliphatic heterocycles. The van der Waals surface area contributed by atoms with Crippen LogP contribution in [-0.4, -0.2) is 5.84 Å². The van der Waals surface area contributed by atoms with Crippen molar-refractivity contribution in [3.8, 4) is 0 Å². The molecule has 0 aliphatic carbocycles. The van der Waals surface area contributed by atoms with Gasteiger partial charge in [0, 0.05) is 5.41 Å². The Morgan fingerprint density at radius 3 is 2.12 bits per heavy atom. The molecule has 1 aromatic rings. The van der Waals surface area contributed by atoms with E-state index in [1.807, 2.05) is 0 Å². The minimum Gasteiger partial charge on any atom is -0.387 e. The number of hydrogen-bond acceptors (Lipinski definition) is 1. The first-order valence-corrected chi connectivity index (χ1v) is 4.68. The standard InChI is InChI=1S/C11H13F3N2/c1-10(2,9(15)16)7-4-3-5-8(6-7)11(12,13)14/h3-6H,1-2H3,(H3,15,16). The third-order valence-corrected chi connectivity index (χ3v) is 2.58. The van der Waals surface area contributed by atoms with Crippen LogP contribution in [0.15, 0.2) is 24.3 Å². The van der Waals surface area contributed by atoms with Gasteiger partial charge in [0.15, 0.2) is 0 Å². The maximum Gasteiger partial charge on any atom is 0.416 e. The Morgan fingerprint density at radius 2 is 1.69 bits per heavy atom. The normalized spacial score (nSPS) is 12.6. The Morgan fingerprint density at radius 1 is 1.19 bits per heavy atom. The maximum absolute atomic E-state index is 12.5. The lowest BCUT2D eigenvalue weighted by Crippen LogP contribution is -2.35. The molecule has 88 valence electrons. The molecule has 0 aliphatic rings. The third-order valence-electron chi connectivity index (χ3n) is 2.58. The average molecular weight is 230 g/mol. The van der Waals surface area contributed by atoms with Crippen molar-refractivity contribution in [1.29, 1.82) is 5.41 Å². The van der Waals surface area contributed by atoms with Gasteiger partial charge >= 0.3 is 6.18 Å². The van der Waals surface area contributed by atoms with Crippen LogP contribution in [0.1, 0.15) is 25.0 Å². The van der Waals surface area contributed by atoms with Crippen LogP contribution < -0.4 is 5.73 Å². The number of nitrogens with one attached hydrogen (secondary N) is 1. The van der Waals surface area contributed by atoms with Gasteiger partial charge in [-0.2, -0.15) is 13.2 Å². The summed E-state index contributed by atoms with van der Waals surface area (Å²) in [7, 11) is 0. The summed E-state index contributed by atoms with van der Waals surface area (Å²) in [6.07, 6.45) is -4.37. The SMILES string of the molecule is CC(C)(C(=N)N)c1cccc(C(F)(F)F)c1. The van der Waals surface area contributed by atoms with Crippen molar-refractivity contribution in [1.82, 2.24) is 0 Å². The molecule has 0 atom stereocenters. The van der Waals surface area contributed by atoms with E-state index in [4.69, 9.17) is 11.1 Å². The van der Waals surface area contributed by atoms with Crippen molar-refractivity contribution in [2.45, 2.75) is 25.4 Å². The molecular formula is C11H13F3N2. The number of nitrogens with two attached hydrogens (primary N) is 1. The molecule has 0 bridgehead atoms. The zero-order chi connectivity index (χ0) is 12.6. The summed E-state index contributed by atoms with van der Waals surface area (Å²) in [5.74, 6) is -0.160. The van der Waals surface area contributed by atoms with Crippen LogP contribution in [0.3, 0.4) is 0 Å². The van der Waals surface area contributed by atoms with Crippen molar-refractivity contribution in [3.63, 3.8) is 0 Å². The minimum atomic E-state index is -4.37. The highest BCUT2D eigenvalue weighted by molar-refractivity contribution is 5.88. The summed E-state index contributed by atoms with van der Waals surface area (Å²) in [5.41, 5.74) is 4.14. The molecule has 0 radical (unpaired) electrons. The summed E-state index contributed by atoms with van der Waals surface area (Å²) in [4.78, 5) is 0. The zero-order valence-electron chi connectivity index (χ0n) is 9.02. The molecule has 0 heterocycles. The topological polar surface area (TPSA) is 49.9 Å². The zero-order valence-corrected chi connectivity index (χ0v) is 9.02. The summed E-state index contributed by atoms with van der Waals surface area (Å²) in [5, 5.41) is 7.36. The molecule has 1 aromatic carbocycles. The first-order chi connectivity index (χ1) is 7.15. The number of alkyl halides is 3. The number of rotatable bonds is 2. The number of benzene rings is 1. The van der Waals surface area contributed by atoms with Crippen LogP contribution in [0, 0.1) is 5.41 Å². The van der Waals surface area contributed by atoms with Crippen LogP contribution in [-0.2, 0) is 11.6 Å². The van der Waals surface area contributed by atoms with E-state index in [9.17, 15) is 13.2 Å². The molecule has 1 rings (SSSR count). The Labute approximate surface area is 91.8 Å². The summed E-state index contributed by atoms with van der Waals surface area (Å²) in [6, 6.07) is 4.89. The van der Waals surface area contributed by atoms with Crippen molar-refractivity contribution < 1.29 is 13.2 Å². The maximum atomic E-state index is 12.5. The molecule has 0 aromatic heterocycles. The second kappa shape index (κ2) is 3.81. The van der Waals surface area contributed by atoms with E-state index in [0.717, 1.165) is 12.1 Å². The molecule has 0 saturated carbocycles. The lowest BCUT2D eigenvalue weighted by Gasteiger charge is -2.24. The Hall–Kier alpha value is -1.52. The predicted octanol–water partition coefficient (Wildman–Crippen LogP) is 2.92. The molecule has 2 nitrogen and oxygen atoms in total. The summed E-state index contributed by atoms with van der Waals surface area (Å²) >= 11 is 0. The van der Waals surface area contributed by atoms with E-state index in [0.29, 0.717) is 5.56 Å². The lowest BCUT2D eigenvalue weighted by atomic mass is 9.83. The predicted molar refractivity (Wildman–Crippen MR) is 56.4 cm³/mol. The fourth-order valence-corrected chi connectivity index (χ4v) is 1.24. The molecule has 5 heteroatoms. The quantitative estimate of drug-likeness (QED) is 0.595. The summed E-state index contributed by atoms with van der Waals surface area (Å²) in [6.45, 7) is 3.23. The first kappa shape index (κ1) is 12.5. The monoisotopic (exact) mass is 230 g/mol. The molecule has 3 N–H and O–H groups in total. The number of hydrogen-bond donors (Lipinski definition) is 2. The lowest BCUT2D eigenvalue weighted by molar-refractivity contribution is -0.137. The molecule has 0 fully saturated rings. The first-order valence-electron chi connectivity index (χ1n) is 4.68. The fraction of sp³-hybridized carbons (Fsp3) is 0.364. The highest BCUT2D eigenvalue weighted by atomic mass is 19.4. The van der Waals surface area contributed by atoms with Crippen LogP contribution in [0.5, 0.6) is 0 Å². The Kier molecular flexibility index (Phi) is 2.99. The molecule has 0 saturated heterocycles. The molecule has 16 heavy (non-hydrogen) atoms. The smallest absolute Gasteiger partial charge is 0.387 e. The molecule has 0 unspecified atom stereocenters. The van der Waals surface area contributed by atoms with E-state index < -0.39 is 17.2 Å². The third kappa shape index (κ3) is 2.35. The van der Waals surface area contributed by atoms with E-state index in [1.165, 1.54) is 12.1 Å². The minimum absolute atomic E-state index is 0.160. The second-order valence-electron chi connectivity index (χ2n) is 4.12. The van der Waals surface area contributed by atoms with Crippen molar-refractivity contribution >= 4 is 5.84 Å². The van der Waals surface area contributed by atoms with E-state index in [1.54, 1.807) is 13.8 Å². The highest BCUT2D eigenvalue weighted by Crippen LogP contribution is 2.32. The van der Waals surface area contributed by atoms with Gasteiger partial charge in [-0.1, -0.05) is 18.2 Å². The van der Waals surface area contributed by atoms with Gasteiger partial charge in [0.25, 0.3) is 0 Å². The van der Waals surface area contributed by atoms with E-state index in [-0.39, 0.29) is 5.84 Å². The fourth-order valence-electron chi connectivity index (χ4n) is 1.24. The second-order valence-corrected chi connectivity index (χ2v) is 4.12. The van der Waals surface area contributed by atoms with E-state index in [2.05, 4.69) is 0 Å². The highest BCUT2D eigenvalue weighted by Gasteiger charge is 2.32. The van der Waals surface area contributed by atoms with Gasteiger partial charge in [-0.3, -0.25) is 5.41 Å². The summed E-state index contributed by atoms with van der Waals surface area (Å²) < 4.78 is 37.4. The van der Waals surface area contributed by atoms with Crippen LogP contribution >= 0.6 is 0 Å². The van der Waals surface area contributed by atoms with Gasteiger partial charge in [-0.05, 0) is 25.5 Å². The van der Waals surface area contributed by atoms with Crippen LogP contribution in [0.4, 0.5) is 13.2 Å². The van der Waals surface area contributed by atoms with Gasteiger partial charge in [-0.25, -0.2) is 0 Å². The Balaban J connectivity index is 3.23. The van der Waals surface area contributed by atoms with Crippen molar-refractivity contribution in [2.24, 2.45) is 5.73 Å². The van der Waals surface area contributed by atoms with Gasteiger partial charge in [-0.15, -0.1) is 0 Å². The number of amidine groups is 1.